The molecule has 1 amide bonds. The zero-order valence-electron chi connectivity index (χ0n) is 13.1. The molecule has 1 heterocycles. The van der Waals surface area contributed by atoms with Crippen molar-refractivity contribution in [3.63, 3.8) is 0 Å². The third-order valence-corrected chi connectivity index (χ3v) is 3.61. The van der Waals surface area contributed by atoms with Crippen LogP contribution in [0.25, 0.3) is 0 Å². The maximum absolute atomic E-state index is 13.6. The van der Waals surface area contributed by atoms with Crippen LogP contribution in [-0.2, 0) is 12.8 Å². The molecule has 0 aliphatic carbocycles. The quantitative estimate of drug-likeness (QED) is 0.825. The maximum atomic E-state index is 13.6. The number of aliphatic hydroxyl groups is 1. The summed E-state index contributed by atoms with van der Waals surface area (Å²) in [5.74, 6) is -0.461. The molecule has 122 valence electrons. The van der Waals surface area contributed by atoms with E-state index < -0.39 is 6.10 Å². The van der Waals surface area contributed by atoms with Crippen LogP contribution in [0.1, 0.15) is 35.0 Å². The first kappa shape index (κ1) is 17.1. The number of rotatable bonds is 7. The monoisotopic (exact) mass is 316 g/mol. The summed E-state index contributed by atoms with van der Waals surface area (Å²) in [6, 6.07) is 9.92. The molecule has 2 N–H and O–H groups in total. The van der Waals surface area contributed by atoms with E-state index in [-0.39, 0.29) is 18.1 Å². The number of pyridine rings is 1. The van der Waals surface area contributed by atoms with Gasteiger partial charge in [-0.1, -0.05) is 18.2 Å². The molecule has 0 bridgehead atoms. The summed E-state index contributed by atoms with van der Waals surface area (Å²) in [7, 11) is 0. The summed E-state index contributed by atoms with van der Waals surface area (Å²) >= 11 is 0. The highest BCUT2D eigenvalue weighted by Gasteiger charge is 2.15. The fourth-order valence-corrected chi connectivity index (χ4v) is 2.41. The molecule has 1 aromatic carbocycles. The lowest BCUT2D eigenvalue weighted by Gasteiger charge is -2.13. The van der Waals surface area contributed by atoms with Crippen molar-refractivity contribution >= 4 is 5.91 Å². The number of nitrogens with zero attached hydrogens (tertiary/aromatic N) is 1. The molecule has 2 rings (SSSR count). The molecule has 0 saturated heterocycles. The molecular weight excluding hydrogens is 295 g/mol. The van der Waals surface area contributed by atoms with Gasteiger partial charge in [-0.15, -0.1) is 0 Å². The fraction of sp³-hybridized carbons (Fsp3) is 0.333. The molecule has 2 aromatic rings. The highest BCUT2D eigenvalue weighted by atomic mass is 19.1. The zero-order chi connectivity index (χ0) is 16.7. The second-order valence-electron chi connectivity index (χ2n) is 5.35. The number of carbonyl (C=O) groups is 1. The second-order valence-corrected chi connectivity index (χ2v) is 5.35. The van der Waals surface area contributed by atoms with Gasteiger partial charge in [0.05, 0.1) is 17.4 Å². The average Bonchev–Trinajstić information content (AvgIpc) is 2.55. The molecule has 0 unspecified atom stereocenters. The normalized spacial score (nSPS) is 12.0. The second kappa shape index (κ2) is 8.39. The van der Waals surface area contributed by atoms with E-state index in [2.05, 4.69) is 10.3 Å². The minimum Gasteiger partial charge on any atom is -0.393 e. The number of nitrogens with one attached hydrogen (secondary N) is 1. The van der Waals surface area contributed by atoms with Gasteiger partial charge in [0.2, 0.25) is 0 Å². The van der Waals surface area contributed by atoms with Gasteiger partial charge in [0, 0.05) is 19.2 Å². The molecule has 0 radical (unpaired) electrons. The van der Waals surface area contributed by atoms with Gasteiger partial charge in [0.1, 0.15) is 5.82 Å². The number of carbonyl (C=O) groups excluding carboxylic acids is 1. The number of aromatic nitrogens is 1. The predicted octanol–water partition coefficient (Wildman–Crippen LogP) is 2.51. The molecule has 0 aliphatic rings. The standard InChI is InChI=1S/C18H21FN2O2/c1-2-20-18(23)15-7-5-11-21-17(15)12-14(22)10-9-13-6-3-4-8-16(13)19/h3-8,11,14,22H,2,9-10,12H2,1H3,(H,20,23)/t14-/m1/s1. The summed E-state index contributed by atoms with van der Waals surface area (Å²) in [5, 5.41) is 12.9. The van der Waals surface area contributed by atoms with Crippen LogP contribution in [0, 0.1) is 5.82 Å². The average molecular weight is 316 g/mol. The van der Waals surface area contributed by atoms with Crippen LogP contribution in [0.5, 0.6) is 0 Å². The summed E-state index contributed by atoms with van der Waals surface area (Å²) in [5.41, 5.74) is 1.61. The Morgan fingerprint density at radius 1 is 1.30 bits per heavy atom. The molecule has 1 aromatic heterocycles. The topological polar surface area (TPSA) is 62.2 Å². The smallest absolute Gasteiger partial charge is 0.253 e. The van der Waals surface area contributed by atoms with Gasteiger partial charge in [-0.25, -0.2) is 4.39 Å². The number of aryl methyl sites for hydroxylation is 1. The Hall–Kier alpha value is -2.27. The van der Waals surface area contributed by atoms with Gasteiger partial charge in [-0.3, -0.25) is 9.78 Å². The Bertz CT molecular complexity index is 661. The lowest BCUT2D eigenvalue weighted by Crippen LogP contribution is -2.25. The van der Waals surface area contributed by atoms with Crippen molar-refractivity contribution in [3.05, 3.63) is 65.2 Å². The van der Waals surface area contributed by atoms with E-state index in [1.165, 1.54) is 6.07 Å². The van der Waals surface area contributed by atoms with Crippen molar-refractivity contribution in [2.24, 2.45) is 0 Å². The third-order valence-electron chi connectivity index (χ3n) is 3.61. The lowest BCUT2D eigenvalue weighted by molar-refractivity contribution is 0.0953. The van der Waals surface area contributed by atoms with Gasteiger partial charge < -0.3 is 10.4 Å². The molecule has 0 saturated carbocycles. The third kappa shape index (κ3) is 4.86. The Labute approximate surface area is 135 Å². The Balaban J connectivity index is 1.99. The molecule has 0 spiro atoms. The first-order valence-corrected chi connectivity index (χ1v) is 7.75. The molecule has 4 nitrogen and oxygen atoms in total. The van der Waals surface area contributed by atoms with Crippen LogP contribution < -0.4 is 5.32 Å². The maximum Gasteiger partial charge on any atom is 0.253 e. The largest absolute Gasteiger partial charge is 0.393 e. The first-order chi connectivity index (χ1) is 11.1. The van der Waals surface area contributed by atoms with Crippen LogP contribution in [0.4, 0.5) is 4.39 Å². The molecule has 0 fully saturated rings. The number of hydrogen-bond donors (Lipinski definition) is 2. The molecular formula is C18H21FN2O2. The van der Waals surface area contributed by atoms with Gasteiger partial charge in [0.25, 0.3) is 5.91 Å². The van der Waals surface area contributed by atoms with Crippen molar-refractivity contribution < 1.29 is 14.3 Å². The van der Waals surface area contributed by atoms with Crippen LogP contribution in [-0.4, -0.2) is 28.6 Å². The zero-order valence-corrected chi connectivity index (χ0v) is 13.1. The van der Waals surface area contributed by atoms with E-state index in [0.717, 1.165) is 0 Å². The van der Waals surface area contributed by atoms with Crippen molar-refractivity contribution in [1.82, 2.24) is 10.3 Å². The number of halogens is 1. The van der Waals surface area contributed by atoms with E-state index in [4.69, 9.17) is 0 Å². The van der Waals surface area contributed by atoms with E-state index in [1.54, 1.807) is 36.5 Å². The Morgan fingerprint density at radius 2 is 2.09 bits per heavy atom. The highest BCUT2D eigenvalue weighted by molar-refractivity contribution is 5.95. The predicted molar refractivity (Wildman–Crippen MR) is 86.7 cm³/mol. The van der Waals surface area contributed by atoms with Gasteiger partial charge in [0.15, 0.2) is 0 Å². The van der Waals surface area contributed by atoms with E-state index in [0.29, 0.717) is 36.2 Å². The van der Waals surface area contributed by atoms with Gasteiger partial charge in [-0.2, -0.15) is 0 Å². The molecule has 5 heteroatoms. The summed E-state index contributed by atoms with van der Waals surface area (Å²) in [6.07, 6.45) is 2.03. The van der Waals surface area contributed by atoms with Crippen molar-refractivity contribution in [3.8, 4) is 0 Å². The van der Waals surface area contributed by atoms with Crippen LogP contribution >= 0.6 is 0 Å². The molecule has 0 aliphatic heterocycles. The number of hydrogen-bond acceptors (Lipinski definition) is 3. The van der Waals surface area contributed by atoms with E-state index in [9.17, 15) is 14.3 Å². The molecule has 23 heavy (non-hydrogen) atoms. The summed E-state index contributed by atoms with van der Waals surface area (Å²) in [6.45, 7) is 2.38. The summed E-state index contributed by atoms with van der Waals surface area (Å²) < 4.78 is 13.6. The minimum atomic E-state index is -0.683. The van der Waals surface area contributed by atoms with E-state index >= 15 is 0 Å². The van der Waals surface area contributed by atoms with Crippen LogP contribution in [0.2, 0.25) is 0 Å². The summed E-state index contributed by atoms with van der Waals surface area (Å²) in [4.78, 5) is 16.2. The van der Waals surface area contributed by atoms with Crippen LogP contribution in [0.15, 0.2) is 42.6 Å². The highest BCUT2D eigenvalue weighted by Crippen LogP contribution is 2.14. The SMILES string of the molecule is CCNC(=O)c1cccnc1C[C@H](O)CCc1ccccc1F. The lowest BCUT2D eigenvalue weighted by atomic mass is 10.0. The van der Waals surface area contributed by atoms with Crippen molar-refractivity contribution in [2.45, 2.75) is 32.3 Å². The minimum absolute atomic E-state index is 0.197. The number of aliphatic hydroxyl groups excluding tert-OH is 1. The van der Waals surface area contributed by atoms with E-state index in [1.807, 2.05) is 6.92 Å². The Morgan fingerprint density at radius 3 is 2.83 bits per heavy atom. The van der Waals surface area contributed by atoms with Gasteiger partial charge >= 0.3 is 0 Å². The Kier molecular flexibility index (Phi) is 6.23. The number of benzene rings is 1. The van der Waals surface area contributed by atoms with Crippen molar-refractivity contribution in [2.75, 3.05) is 6.54 Å². The van der Waals surface area contributed by atoms with Crippen LogP contribution in [0.3, 0.4) is 0 Å². The van der Waals surface area contributed by atoms with Crippen molar-refractivity contribution in [1.29, 1.82) is 0 Å². The first-order valence-electron chi connectivity index (χ1n) is 7.75. The fourth-order valence-electron chi connectivity index (χ4n) is 2.41. The number of amides is 1. The van der Waals surface area contributed by atoms with Gasteiger partial charge in [-0.05, 0) is 43.5 Å². The molecule has 1 atom stereocenters.